The fraction of sp³-hybridized carbons (Fsp3) is 0.667. The van der Waals surface area contributed by atoms with E-state index >= 15 is 0 Å². The van der Waals surface area contributed by atoms with Crippen molar-refractivity contribution in [3.8, 4) is 0 Å². The Morgan fingerprint density at radius 3 is 3.11 bits per heavy atom. The molecular weight excluding hydrogens is 250 g/mol. The van der Waals surface area contributed by atoms with Crippen molar-refractivity contribution < 1.29 is 9.53 Å². The monoisotopic (exact) mass is 267 g/mol. The summed E-state index contributed by atoms with van der Waals surface area (Å²) in [5.41, 5.74) is 2.75. The minimum Gasteiger partial charge on any atom is -0.378 e. The van der Waals surface area contributed by atoms with Gasteiger partial charge in [0.25, 0.3) is 5.91 Å². The number of nitrogens with one attached hydrogen (secondary N) is 2. The van der Waals surface area contributed by atoms with Gasteiger partial charge in [0.05, 0.1) is 23.4 Å². The van der Waals surface area contributed by atoms with E-state index in [0.717, 1.165) is 36.5 Å². The van der Waals surface area contributed by atoms with Gasteiger partial charge in [-0.2, -0.15) is 0 Å². The summed E-state index contributed by atoms with van der Waals surface area (Å²) in [5.74, 6) is 0.507. The van der Waals surface area contributed by atoms with Crippen LogP contribution in [0.4, 0.5) is 0 Å². The van der Waals surface area contributed by atoms with E-state index in [1.165, 1.54) is 11.3 Å². The van der Waals surface area contributed by atoms with Crippen molar-refractivity contribution in [2.45, 2.75) is 30.9 Å². The highest BCUT2D eigenvalue weighted by Crippen LogP contribution is 2.41. The van der Waals surface area contributed by atoms with E-state index in [1.54, 1.807) is 12.6 Å². The maximum Gasteiger partial charge on any atom is 0.263 e. The van der Waals surface area contributed by atoms with Crippen LogP contribution in [-0.4, -0.2) is 43.2 Å². The maximum atomic E-state index is 12.3. The van der Waals surface area contributed by atoms with E-state index in [-0.39, 0.29) is 18.1 Å². The topological polar surface area (TPSA) is 63.2 Å². The third-order valence-corrected chi connectivity index (χ3v) is 4.38. The summed E-state index contributed by atoms with van der Waals surface area (Å²) in [7, 11) is 1.68. The fourth-order valence-electron chi connectivity index (χ4n) is 2.35. The first kappa shape index (κ1) is 12.1. The minimum atomic E-state index is -0.00449. The van der Waals surface area contributed by atoms with Gasteiger partial charge in [-0.3, -0.25) is 4.79 Å². The molecule has 1 aromatic rings. The van der Waals surface area contributed by atoms with Gasteiger partial charge in [0.1, 0.15) is 4.88 Å². The second-order valence-corrected chi connectivity index (χ2v) is 5.71. The third-order valence-electron chi connectivity index (χ3n) is 3.54. The van der Waals surface area contributed by atoms with Gasteiger partial charge in [0.15, 0.2) is 0 Å². The highest BCUT2D eigenvalue weighted by molar-refractivity contribution is 7.11. The zero-order valence-electron chi connectivity index (χ0n) is 10.3. The highest BCUT2D eigenvalue weighted by atomic mass is 32.1. The van der Waals surface area contributed by atoms with Crippen LogP contribution in [0.5, 0.6) is 0 Å². The van der Waals surface area contributed by atoms with Crippen molar-refractivity contribution in [1.29, 1.82) is 0 Å². The lowest BCUT2D eigenvalue weighted by molar-refractivity contribution is 0.0782. The first-order chi connectivity index (χ1) is 8.79. The van der Waals surface area contributed by atoms with E-state index in [0.29, 0.717) is 5.92 Å². The summed E-state index contributed by atoms with van der Waals surface area (Å²) in [6, 6.07) is 0.0525. The Morgan fingerprint density at radius 2 is 2.39 bits per heavy atom. The van der Waals surface area contributed by atoms with Crippen LogP contribution in [0.1, 0.15) is 34.1 Å². The van der Waals surface area contributed by atoms with Crippen molar-refractivity contribution in [2.75, 3.05) is 20.2 Å². The van der Waals surface area contributed by atoms with E-state index < -0.39 is 0 Å². The van der Waals surface area contributed by atoms with Gasteiger partial charge in [-0.05, 0) is 12.8 Å². The molecule has 3 rings (SSSR count). The maximum absolute atomic E-state index is 12.3. The molecule has 98 valence electrons. The zero-order chi connectivity index (χ0) is 12.5. The number of thiazole rings is 1. The standard InChI is InChI=1S/C12H17N3O2S/c1-17-9-5-13-4-8(9)15-12(16)11-10(7-2-3-7)14-6-18-11/h6-9,13H,2-5H2,1H3,(H,15,16)/t8-,9-/m0/s1. The number of aromatic nitrogens is 1. The van der Waals surface area contributed by atoms with Crippen molar-refractivity contribution in [3.63, 3.8) is 0 Å². The van der Waals surface area contributed by atoms with Crippen molar-refractivity contribution in [1.82, 2.24) is 15.6 Å². The lowest BCUT2D eigenvalue weighted by Gasteiger charge is -2.18. The molecule has 5 nitrogen and oxygen atoms in total. The zero-order valence-corrected chi connectivity index (χ0v) is 11.1. The lowest BCUT2D eigenvalue weighted by atomic mass is 10.2. The number of rotatable bonds is 4. The van der Waals surface area contributed by atoms with Crippen LogP contribution in [0.25, 0.3) is 0 Å². The minimum absolute atomic E-state index is 0.00449. The molecule has 0 spiro atoms. The van der Waals surface area contributed by atoms with Crippen LogP contribution >= 0.6 is 11.3 Å². The fourth-order valence-corrected chi connectivity index (χ4v) is 3.13. The Balaban J connectivity index is 1.68. The van der Waals surface area contributed by atoms with E-state index in [2.05, 4.69) is 15.6 Å². The van der Waals surface area contributed by atoms with Crippen LogP contribution in [-0.2, 0) is 4.74 Å². The summed E-state index contributed by atoms with van der Waals surface area (Å²) in [5, 5.41) is 6.27. The van der Waals surface area contributed by atoms with E-state index in [9.17, 15) is 4.79 Å². The van der Waals surface area contributed by atoms with Crippen molar-refractivity contribution in [2.24, 2.45) is 0 Å². The molecule has 6 heteroatoms. The molecule has 0 aromatic carbocycles. The molecule has 2 fully saturated rings. The average molecular weight is 267 g/mol. The number of hydrogen-bond donors (Lipinski definition) is 2. The van der Waals surface area contributed by atoms with Gasteiger partial charge in [0.2, 0.25) is 0 Å². The van der Waals surface area contributed by atoms with Crippen LogP contribution in [0, 0.1) is 0 Å². The number of amides is 1. The Morgan fingerprint density at radius 1 is 1.56 bits per heavy atom. The third kappa shape index (κ3) is 2.28. The Hall–Kier alpha value is -0.980. The molecule has 1 aromatic heterocycles. The van der Waals surface area contributed by atoms with Crippen molar-refractivity contribution in [3.05, 3.63) is 16.1 Å². The highest BCUT2D eigenvalue weighted by Gasteiger charge is 2.33. The normalized spacial score (nSPS) is 27.4. The van der Waals surface area contributed by atoms with Gasteiger partial charge in [-0.25, -0.2) is 4.98 Å². The van der Waals surface area contributed by atoms with Gasteiger partial charge < -0.3 is 15.4 Å². The predicted molar refractivity (Wildman–Crippen MR) is 69.0 cm³/mol. The van der Waals surface area contributed by atoms with E-state index in [1.807, 2.05) is 0 Å². The molecule has 1 amide bonds. The summed E-state index contributed by atoms with van der Waals surface area (Å²) in [4.78, 5) is 17.4. The predicted octanol–water partition coefficient (Wildman–Crippen LogP) is 0.737. The van der Waals surface area contributed by atoms with Crippen LogP contribution in [0.3, 0.4) is 0 Å². The smallest absolute Gasteiger partial charge is 0.263 e. The van der Waals surface area contributed by atoms with Gasteiger partial charge in [-0.15, -0.1) is 11.3 Å². The van der Waals surface area contributed by atoms with Gasteiger partial charge in [0, 0.05) is 26.1 Å². The summed E-state index contributed by atoms with van der Waals surface area (Å²) in [6.07, 6.45) is 2.39. The number of ether oxygens (including phenoxy) is 1. The molecule has 2 atom stereocenters. The van der Waals surface area contributed by atoms with Gasteiger partial charge >= 0.3 is 0 Å². The molecule has 2 aliphatic rings. The number of carbonyl (C=O) groups is 1. The molecule has 0 bridgehead atoms. The molecule has 0 radical (unpaired) electrons. The Bertz CT molecular complexity index is 444. The molecule has 1 saturated carbocycles. The molecular formula is C12H17N3O2S. The molecule has 0 unspecified atom stereocenters. The second-order valence-electron chi connectivity index (χ2n) is 4.85. The first-order valence-corrected chi connectivity index (χ1v) is 7.15. The number of nitrogens with zero attached hydrogens (tertiary/aromatic N) is 1. The summed E-state index contributed by atoms with van der Waals surface area (Å²) in [6.45, 7) is 1.56. The summed E-state index contributed by atoms with van der Waals surface area (Å²) >= 11 is 1.43. The quantitative estimate of drug-likeness (QED) is 0.844. The molecule has 1 aliphatic heterocycles. The Labute approximate surface area is 110 Å². The van der Waals surface area contributed by atoms with Crippen molar-refractivity contribution >= 4 is 17.2 Å². The molecule has 1 saturated heterocycles. The number of hydrogen-bond acceptors (Lipinski definition) is 5. The van der Waals surface area contributed by atoms with Crippen LogP contribution in [0.15, 0.2) is 5.51 Å². The summed E-state index contributed by atoms with van der Waals surface area (Å²) < 4.78 is 5.34. The SMILES string of the molecule is CO[C@H]1CNC[C@@H]1NC(=O)c1scnc1C1CC1. The molecule has 18 heavy (non-hydrogen) atoms. The largest absolute Gasteiger partial charge is 0.378 e. The lowest BCUT2D eigenvalue weighted by Crippen LogP contribution is -2.43. The molecule has 2 heterocycles. The van der Waals surface area contributed by atoms with Gasteiger partial charge in [-0.1, -0.05) is 0 Å². The van der Waals surface area contributed by atoms with E-state index in [4.69, 9.17) is 4.74 Å². The first-order valence-electron chi connectivity index (χ1n) is 6.27. The average Bonchev–Trinajstić information content (AvgIpc) is 2.93. The number of carbonyl (C=O) groups excluding carboxylic acids is 1. The molecule has 1 aliphatic carbocycles. The molecule has 2 N–H and O–H groups in total. The van der Waals surface area contributed by atoms with Crippen LogP contribution < -0.4 is 10.6 Å². The number of methoxy groups -OCH3 is 1. The second kappa shape index (κ2) is 4.95. The van der Waals surface area contributed by atoms with Crippen LogP contribution in [0.2, 0.25) is 0 Å². The Kier molecular flexibility index (Phi) is 3.32.